The highest BCUT2D eigenvalue weighted by Gasteiger charge is 2.36. The number of amides is 1. The Kier molecular flexibility index (Phi) is 4.56. The lowest BCUT2D eigenvalue weighted by Gasteiger charge is -2.28. The van der Waals surface area contributed by atoms with Gasteiger partial charge >= 0.3 is 0 Å². The predicted molar refractivity (Wildman–Crippen MR) is 88.0 cm³/mol. The summed E-state index contributed by atoms with van der Waals surface area (Å²) in [7, 11) is 0. The number of β-amino-alcohol motifs (C(OH)–C–C–N with tert-alkyl or cyclic N) is 1. The van der Waals surface area contributed by atoms with Crippen LogP contribution in [0.5, 0.6) is 0 Å². The van der Waals surface area contributed by atoms with Gasteiger partial charge in [-0.25, -0.2) is 0 Å². The van der Waals surface area contributed by atoms with Crippen LogP contribution in [-0.4, -0.2) is 57.3 Å². The molecule has 6 heteroatoms. The summed E-state index contributed by atoms with van der Waals surface area (Å²) in [6.45, 7) is 2.13. The molecule has 1 saturated heterocycles. The minimum atomic E-state index is -0.496. The zero-order valence-electron chi connectivity index (χ0n) is 13.0. The summed E-state index contributed by atoms with van der Waals surface area (Å²) >= 11 is 0. The van der Waals surface area contributed by atoms with Gasteiger partial charge in [0.25, 0.3) is 0 Å². The van der Waals surface area contributed by atoms with E-state index in [-0.39, 0.29) is 18.6 Å². The molecule has 0 aliphatic carbocycles. The monoisotopic (exact) mass is 315 g/mol. The van der Waals surface area contributed by atoms with E-state index in [9.17, 15) is 15.0 Å². The number of aliphatic hydroxyl groups is 2. The highest BCUT2D eigenvalue weighted by atomic mass is 16.3. The molecule has 1 aliphatic heterocycles. The lowest BCUT2D eigenvalue weighted by Crippen LogP contribution is -2.46. The quantitative estimate of drug-likeness (QED) is 0.783. The van der Waals surface area contributed by atoms with E-state index in [1.54, 1.807) is 13.1 Å². The van der Waals surface area contributed by atoms with Crippen molar-refractivity contribution >= 4 is 22.5 Å². The number of nitrogens with one attached hydrogen (secondary N) is 1. The first-order valence-corrected chi connectivity index (χ1v) is 7.79. The summed E-state index contributed by atoms with van der Waals surface area (Å²) in [5.41, 5.74) is 1.54. The summed E-state index contributed by atoms with van der Waals surface area (Å²) in [6.07, 6.45) is 1.71. The number of hydrogen-bond donors (Lipinski definition) is 3. The van der Waals surface area contributed by atoms with Crippen molar-refractivity contribution < 1.29 is 15.0 Å². The highest BCUT2D eigenvalue weighted by molar-refractivity contribution is 6.02. The first-order valence-electron chi connectivity index (χ1n) is 7.79. The van der Waals surface area contributed by atoms with Crippen molar-refractivity contribution in [2.24, 2.45) is 0 Å². The van der Waals surface area contributed by atoms with Gasteiger partial charge in [0.1, 0.15) is 0 Å². The number of likely N-dealkylation sites (tertiary alicyclic amines) is 1. The molecule has 6 nitrogen and oxygen atoms in total. The minimum Gasteiger partial charge on any atom is -0.395 e. The molecule has 0 bridgehead atoms. The maximum absolute atomic E-state index is 12.6. The molecule has 3 N–H and O–H groups in total. The van der Waals surface area contributed by atoms with Crippen LogP contribution in [0.2, 0.25) is 0 Å². The molecule has 1 fully saturated rings. The first-order chi connectivity index (χ1) is 11.1. The number of carbonyl (C=O) groups excluding carboxylic acids is 1. The highest BCUT2D eigenvalue weighted by Crippen LogP contribution is 2.24. The zero-order chi connectivity index (χ0) is 16.4. The third kappa shape index (κ3) is 3.19. The average Bonchev–Trinajstić information content (AvgIpc) is 2.95. The molecule has 0 radical (unpaired) electrons. The van der Waals surface area contributed by atoms with Crippen molar-refractivity contribution in [1.82, 2.24) is 9.88 Å². The number of nitrogens with zero attached hydrogens (tertiary/aromatic N) is 2. The third-order valence-electron chi connectivity index (χ3n) is 4.43. The standard InChI is InChI=1S/C17H21N3O3/c1-11(20-9-13(22)8-12(20)10-21)17(23)19-16-6-2-5-15-14(16)4-3-7-18-15/h2-7,11-13,21-22H,8-10H2,1H3,(H,19,23). The lowest BCUT2D eigenvalue weighted by molar-refractivity contribution is -0.121. The SMILES string of the molecule is CC(C(=O)Nc1cccc2ncccc12)N1CC(O)CC1CO. The molecule has 3 rings (SSSR count). The van der Waals surface area contributed by atoms with Gasteiger partial charge in [-0.1, -0.05) is 6.07 Å². The molecular weight excluding hydrogens is 294 g/mol. The summed E-state index contributed by atoms with van der Waals surface area (Å²) in [5, 5.41) is 23.0. The minimum absolute atomic E-state index is 0.0626. The van der Waals surface area contributed by atoms with E-state index in [2.05, 4.69) is 10.3 Å². The molecule has 1 aliphatic rings. The Morgan fingerprint density at radius 2 is 2.26 bits per heavy atom. The van der Waals surface area contributed by atoms with Gasteiger partial charge in [0.15, 0.2) is 0 Å². The Bertz CT molecular complexity index is 701. The molecule has 0 saturated carbocycles. The number of rotatable bonds is 4. The molecule has 122 valence electrons. The van der Waals surface area contributed by atoms with Crippen LogP contribution in [0.1, 0.15) is 13.3 Å². The second-order valence-corrected chi connectivity index (χ2v) is 5.96. The van der Waals surface area contributed by atoms with Crippen LogP contribution in [-0.2, 0) is 4.79 Å². The molecular formula is C17H21N3O3. The van der Waals surface area contributed by atoms with E-state index < -0.39 is 12.1 Å². The van der Waals surface area contributed by atoms with Crippen LogP contribution in [0.3, 0.4) is 0 Å². The molecule has 3 atom stereocenters. The van der Waals surface area contributed by atoms with Crippen molar-refractivity contribution in [3.8, 4) is 0 Å². The van der Waals surface area contributed by atoms with Gasteiger partial charge in [-0.2, -0.15) is 0 Å². The third-order valence-corrected chi connectivity index (χ3v) is 4.43. The largest absolute Gasteiger partial charge is 0.395 e. The van der Waals surface area contributed by atoms with E-state index in [0.29, 0.717) is 18.7 Å². The number of carbonyl (C=O) groups is 1. The van der Waals surface area contributed by atoms with Crippen molar-refractivity contribution in [2.75, 3.05) is 18.5 Å². The fourth-order valence-electron chi connectivity index (χ4n) is 3.17. The van der Waals surface area contributed by atoms with E-state index >= 15 is 0 Å². The van der Waals surface area contributed by atoms with Crippen LogP contribution < -0.4 is 5.32 Å². The van der Waals surface area contributed by atoms with E-state index in [0.717, 1.165) is 10.9 Å². The molecule has 1 amide bonds. The fourth-order valence-corrected chi connectivity index (χ4v) is 3.17. The Labute approximate surface area is 134 Å². The first kappa shape index (κ1) is 15.9. The Balaban J connectivity index is 1.78. The molecule has 23 heavy (non-hydrogen) atoms. The molecule has 2 heterocycles. The number of benzene rings is 1. The summed E-state index contributed by atoms with van der Waals surface area (Å²) in [6, 6.07) is 8.73. The van der Waals surface area contributed by atoms with E-state index in [1.165, 1.54) is 0 Å². The normalized spacial score (nSPS) is 23.1. The summed E-state index contributed by atoms with van der Waals surface area (Å²) < 4.78 is 0. The number of aromatic nitrogens is 1. The van der Waals surface area contributed by atoms with Gasteiger partial charge in [-0.05, 0) is 37.6 Å². The van der Waals surface area contributed by atoms with Crippen molar-refractivity contribution in [3.05, 3.63) is 36.5 Å². The predicted octanol–water partition coefficient (Wildman–Crippen LogP) is 0.989. The average molecular weight is 315 g/mol. The second kappa shape index (κ2) is 6.62. The summed E-state index contributed by atoms with van der Waals surface area (Å²) in [4.78, 5) is 18.7. The van der Waals surface area contributed by atoms with Crippen LogP contribution in [0.4, 0.5) is 5.69 Å². The number of hydrogen-bond acceptors (Lipinski definition) is 5. The van der Waals surface area contributed by atoms with Crippen LogP contribution in [0, 0.1) is 0 Å². The topological polar surface area (TPSA) is 85.7 Å². The zero-order valence-corrected chi connectivity index (χ0v) is 13.0. The summed E-state index contributed by atoms with van der Waals surface area (Å²) in [5.74, 6) is -0.158. The Hall–Kier alpha value is -2.02. The van der Waals surface area contributed by atoms with Crippen LogP contribution in [0.25, 0.3) is 10.9 Å². The van der Waals surface area contributed by atoms with Gasteiger partial charge < -0.3 is 15.5 Å². The van der Waals surface area contributed by atoms with Crippen molar-refractivity contribution in [3.63, 3.8) is 0 Å². The fraction of sp³-hybridized carbons (Fsp3) is 0.412. The number of anilines is 1. The molecule has 0 spiro atoms. The maximum Gasteiger partial charge on any atom is 0.241 e. The smallest absolute Gasteiger partial charge is 0.241 e. The Morgan fingerprint density at radius 1 is 1.43 bits per heavy atom. The van der Waals surface area contributed by atoms with Gasteiger partial charge in [-0.15, -0.1) is 0 Å². The van der Waals surface area contributed by atoms with E-state index in [4.69, 9.17) is 0 Å². The van der Waals surface area contributed by atoms with Crippen molar-refractivity contribution in [1.29, 1.82) is 0 Å². The number of pyridine rings is 1. The lowest BCUT2D eigenvalue weighted by atomic mass is 10.1. The molecule has 3 unspecified atom stereocenters. The van der Waals surface area contributed by atoms with Gasteiger partial charge in [0, 0.05) is 24.2 Å². The van der Waals surface area contributed by atoms with Gasteiger partial charge in [0.2, 0.25) is 5.91 Å². The number of fused-ring (bicyclic) bond motifs is 1. The molecule has 1 aromatic carbocycles. The van der Waals surface area contributed by atoms with Gasteiger partial charge in [-0.3, -0.25) is 14.7 Å². The maximum atomic E-state index is 12.6. The molecule has 1 aromatic heterocycles. The Morgan fingerprint density at radius 3 is 3.04 bits per heavy atom. The van der Waals surface area contributed by atoms with Crippen LogP contribution >= 0.6 is 0 Å². The van der Waals surface area contributed by atoms with Crippen molar-refractivity contribution in [2.45, 2.75) is 31.5 Å². The number of aliphatic hydroxyl groups excluding tert-OH is 2. The van der Waals surface area contributed by atoms with Gasteiger partial charge in [0.05, 0.1) is 30.0 Å². The van der Waals surface area contributed by atoms with Crippen LogP contribution in [0.15, 0.2) is 36.5 Å². The van der Waals surface area contributed by atoms with E-state index in [1.807, 2.05) is 35.2 Å². The molecule has 2 aromatic rings. The second-order valence-electron chi connectivity index (χ2n) is 5.96.